The van der Waals surface area contributed by atoms with Crippen molar-refractivity contribution in [2.45, 2.75) is 32.4 Å². The van der Waals surface area contributed by atoms with Gasteiger partial charge in [-0.25, -0.2) is 9.67 Å². The van der Waals surface area contributed by atoms with Crippen LogP contribution in [0.4, 0.5) is 13.2 Å². The Bertz CT molecular complexity index is 1360. The van der Waals surface area contributed by atoms with Gasteiger partial charge in [-0.2, -0.15) is 18.3 Å². The van der Waals surface area contributed by atoms with Crippen molar-refractivity contribution in [2.75, 3.05) is 26.3 Å². The molecule has 2 aromatic heterocycles. The average Bonchev–Trinajstić information content (AvgIpc) is 3.54. The fraction of sp³-hybridized carbons (Fsp3) is 0.360. The zero-order valence-corrected chi connectivity index (χ0v) is 19.4. The monoisotopic (exact) mass is 498 g/mol. The van der Waals surface area contributed by atoms with Gasteiger partial charge in [-0.3, -0.25) is 4.90 Å². The fourth-order valence-corrected chi connectivity index (χ4v) is 4.87. The molecule has 0 radical (unpaired) electrons. The van der Waals surface area contributed by atoms with Gasteiger partial charge in [-0.05, 0) is 28.8 Å². The molecule has 0 spiro atoms. The van der Waals surface area contributed by atoms with Crippen LogP contribution in [0.15, 0.2) is 36.4 Å². The first-order chi connectivity index (χ1) is 17.3. The second-order valence-electron chi connectivity index (χ2n) is 9.23. The van der Waals surface area contributed by atoms with Crippen LogP contribution in [0.5, 0.6) is 5.75 Å². The predicted molar refractivity (Wildman–Crippen MR) is 127 cm³/mol. The van der Waals surface area contributed by atoms with Crippen molar-refractivity contribution in [1.82, 2.24) is 30.0 Å². The van der Waals surface area contributed by atoms with E-state index >= 15 is 0 Å². The van der Waals surface area contributed by atoms with Crippen molar-refractivity contribution in [3.8, 4) is 28.5 Å². The van der Waals surface area contributed by atoms with Gasteiger partial charge in [0.05, 0.1) is 24.2 Å². The van der Waals surface area contributed by atoms with Crippen molar-refractivity contribution in [3.05, 3.63) is 53.1 Å². The number of alkyl halides is 3. The van der Waals surface area contributed by atoms with Crippen LogP contribution >= 0.6 is 0 Å². The zero-order chi connectivity index (χ0) is 24.9. The van der Waals surface area contributed by atoms with E-state index in [0.29, 0.717) is 29.8 Å². The third-order valence-corrected chi connectivity index (χ3v) is 6.65. The topological polar surface area (TPSA) is 91.2 Å². The summed E-state index contributed by atoms with van der Waals surface area (Å²) in [6.45, 7) is 3.96. The van der Waals surface area contributed by atoms with E-state index in [4.69, 9.17) is 4.74 Å². The number of halogens is 3. The molecule has 36 heavy (non-hydrogen) atoms. The van der Waals surface area contributed by atoms with E-state index in [0.717, 1.165) is 54.1 Å². The van der Waals surface area contributed by atoms with Gasteiger partial charge in [-0.15, -0.1) is 0 Å². The minimum atomic E-state index is -4.52. The number of nitrogens with one attached hydrogen (secondary N) is 2. The predicted octanol–water partition coefficient (Wildman–Crippen LogP) is 3.80. The molecule has 2 aliphatic rings. The van der Waals surface area contributed by atoms with E-state index < -0.39 is 12.7 Å². The SMILES string of the molecule is Oc1c(-c2ccc(CN3CCOCC3)cc2)nn(CC(F)(F)F)c1-c1nc2cc3c(cc2[nH]1)CNC3. The molecule has 11 heteroatoms. The number of aromatic amines is 1. The summed E-state index contributed by atoms with van der Waals surface area (Å²) in [7, 11) is 0. The van der Waals surface area contributed by atoms with Gasteiger partial charge in [-0.1, -0.05) is 24.3 Å². The summed E-state index contributed by atoms with van der Waals surface area (Å²) in [5.74, 6) is -0.195. The van der Waals surface area contributed by atoms with E-state index in [1.165, 1.54) is 0 Å². The standard InChI is InChI=1S/C25H25F3N6O2/c26-25(27,28)14-34-22(24-30-19-9-17-11-29-12-18(17)10-20(19)31-24)23(35)21(32-34)16-3-1-15(2-4-16)13-33-5-7-36-8-6-33/h1-4,9-10,29,35H,5-8,11-14H2,(H,30,31). The zero-order valence-electron chi connectivity index (χ0n) is 19.4. The molecule has 1 saturated heterocycles. The van der Waals surface area contributed by atoms with Crippen LogP contribution in [-0.2, 0) is 30.9 Å². The molecule has 0 amide bonds. The molecule has 0 aliphatic carbocycles. The molecule has 0 unspecified atom stereocenters. The van der Waals surface area contributed by atoms with Crippen molar-refractivity contribution < 1.29 is 23.0 Å². The number of nitrogens with zero attached hydrogens (tertiary/aromatic N) is 4. The first-order valence-corrected chi connectivity index (χ1v) is 11.8. The largest absolute Gasteiger partial charge is 0.504 e. The molecule has 1 fully saturated rings. The Morgan fingerprint density at radius 1 is 1.03 bits per heavy atom. The molecule has 8 nitrogen and oxygen atoms in total. The molecule has 6 rings (SSSR count). The lowest BCUT2D eigenvalue weighted by atomic mass is 10.1. The number of hydrogen-bond donors (Lipinski definition) is 3. The number of H-pyrrole nitrogens is 1. The Hall–Kier alpha value is -3.41. The molecular weight excluding hydrogens is 473 g/mol. The van der Waals surface area contributed by atoms with Crippen molar-refractivity contribution in [3.63, 3.8) is 0 Å². The van der Waals surface area contributed by atoms with E-state index in [1.54, 1.807) is 12.1 Å². The summed E-state index contributed by atoms with van der Waals surface area (Å²) < 4.78 is 46.4. The molecule has 2 aromatic carbocycles. The van der Waals surface area contributed by atoms with Crippen LogP contribution in [0, 0.1) is 0 Å². The number of aromatic nitrogens is 4. The molecular formula is C25H25F3N6O2. The molecule has 0 saturated carbocycles. The molecule has 188 valence electrons. The Balaban J connectivity index is 1.36. The summed E-state index contributed by atoms with van der Waals surface area (Å²) >= 11 is 0. The fourth-order valence-electron chi connectivity index (χ4n) is 4.87. The molecule has 0 atom stereocenters. The molecule has 3 N–H and O–H groups in total. The summed E-state index contributed by atoms with van der Waals surface area (Å²) in [4.78, 5) is 9.87. The highest BCUT2D eigenvalue weighted by Crippen LogP contribution is 2.39. The number of hydrogen-bond acceptors (Lipinski definition) is 6. The van der Waals surface area contributed by atoms with Gasteiger partial charge < -0.3 is 20.1 Å². The number of benzene rings is 2. The van der Waals surface area contributed by atoms with Gasteiger partial charge in [0.25, 0.3) is 0 Å². The van der Waals surface area contributed by atoms with Crippen LogP contribution in [0.2, 0.25) is 0 Å². The summed E-state index contributed by atoms with van der Waals surface area (Å²) in [5, 5.41) is 18.5. The van der Waals surface area contributed by atoms with Gasteiger partial charge in [0.15, 0.2) is 11.6 Å². The Morgan fingerprint density at radius 3 is 2.47 bits per heavy atom. The normalized spacial score (nSPS) is 16.6. The highest BCUT2D eigenvalue weighted by molar-refractivity contribution is 5.83. The van der Waals surface area contributed by atoms with E-state index in [1.807, 2.05) is 24.3 Å². The second kappa shape index (κ2) is 8.91. The quantitative estimate of drug-likeness (QED) is 0.388. The van der Waals surface area contributed by atoms with Gasteiger partial charge in [0, 0.05) is 38.3 Å². The highest BCUT2D eigenvalue weighted by atomic mass is 19.4. The van der Waals surface area contributed by atoms with Crippen LogP contribution in [0.25, 0.3) is 33.8 Å². The van der Waals surface area contributed by atoms with Crippen LogP contribution in [-0.4, -0.2) is 62.2 Å². The number of ether oxygens (including phenoxy) is 1. The van der Waals surface area contributed by atoms with Crippen LogP contribution in [0.1, 0.15) is 16.7 Å². The maximum absolute atomic E-state index is 13.4. The molecule has 2 aliphatic heterocycles. The maximum Gasteiger partial charge on any atom is 0.408 e. The molecule has 0 bridgehead atoms. The Kier molecular flexibility index (Phi) is 5.70. The number of morpholine rings is 1. The van der Waals surface area contributed by atoms with E-state index in [-0.39, 0.29) is 23.0 Å². The number of imidazole rings is 1. The number of fused-ring (bicyclic) bond motifs is 2. The van der Waals surface area contributed by atoms with Gasteiger partial charge in [0.1, 0.15) is 17.9 Å². The minimum absolute atomic E-state index is 0.0827. The minimum Gasteiger partial charge on any atom is -0.504 e. The summed E-state index contributed by atoms with van der Waals surface area (Å²) in [6, 6.07) is 11.2. The first-order valence-electron chi connectivity index (χ1n) is 11.8. The maximum atomic E-state index is 13.4. The van der Waals surface area contributed by atoms with Crippen LogP contribution < -0.4 is 5.32 Å². The number of aromatic hydroxyl groups is 1. The Morgan fingerprint density at radius 2 is 1.75 bits per heavy atom. The lowest BCUT2D eigenvalue weighted by Gasteiger charge is -2.26. The van der Waals surface area contributed by atoms with Crippen molar-refractivity contribution in [2.24, 2.45) is 0 Å². The Labute approximate surface area is 204 Å². The van der Waals surface area contributed by atoms with Gasteiger partial charge in [0.2, 0.25) is 0 Å². The molecule has 4 aromatic rings. The van der Waals surface area contributed by atoms with E-state index in [9.17, 15) is 18.3 Å². The highest BCUT2D eigenvalue weighted by Gasteiger charge is 2.33. The summed E-state index contributed by atoms with van der Waals surface area (Å²) in [5.41, 5.74) is 5.13. The molecule has 4 heterocycles. The third-order valence-electron chi connectivity index (χ3n) is 6.65. The summed E-state index contributed by atoms with van der Waals surface area (Å²) in [6.07, 6.45) is -4.52. The number of rotatable bonds is 5. The lowest BCUT2D eigenvalue weighted by molar-refractivity contribution is -0.142. The van der Waals surface area contributed by atoms with Gasteiger partial charge >= 0.3 is 6.18 Å². The first kappa shape index (κ1) is 23.0. The van der Waals surface area contributed by atoms with Crippen LogP contribution in [0.3, 0.4) is 0 Å². The average molecular weight is 499 g/mol. The second-order valence-corrected chi connectivity index (χ2v) is 9.23. The van der Waals surface area contributed by atoms with Crippen molar-refractivity contribution in [1.29, 1.82) is 0 Å². The van der Waals surface area contributed by atoms with Crippen molar-refractivity contribution >= 4 is 11.0 Å². The van der Waals surface area contributed by atoms with E-state index in [2.05, 4.69) is 25.3 Å². The third kappa shape index (κ3) is 4.45. The smallest absolute Gasteiger partial charge is 0.408 e. The lowest BCUT2D eigenvalue weighted by Crippen LogP contribution is -2.35.